The topological polar surface area (TPSA) is 47.6 Å². The second-order valence-electron chi connectivity index (χ2n) is 6.13. The van der Waals surface area contributed by atoms with E-state index in [2.05, 4.69) is 5.32 Å². The van der Waals surface area contributed by atoms with Crippen molar-refractivity contribution in [3.8, 4) is 17.2 Å². The fourth-order valence-electron chi connectivity index (χ4n) is 1.79. The van der Waals surface area contributed by atoms with Gasteiger partial charge in [0, 0.05) is 16.5 Å². The van der Waals surface area contributed by atoms with E-state index in [9.17, 15) is 4.79 Å². The van der Waals surface area contributed by atoms with Crippen LogP contribution in [0.25, 0.3) is 0 Å². The first-order chi connectivity index (χ1) is 10.8. The SMILES string of the molecule is COc1cccc(Oc2ccc(Cl)cc2NC(=O)C(C)(C)C)c1. The van der Waals surface area contributed by atoms with Crippen molar-refractivity contribution in [3.63, 3.8) is 0 Å². The molecule has 0 saturated carbocycles. The van der Waals surface area contributed by atoms with Gasteiger partial charge in [0.1, 0.15) is 11.5 Å². The number of anilines is 1. The van der Waals surface area contributed by atoms with Gasteiger partial charge in [0.15, 0.2) is 5.75 Å². The molecule has 0 bridgehead atoms. The zero-order valence-corrected chi connectivity index (χ0v) is 14.4. The third-order valence-electron chi connectivity index (χ3n) is 3.14. The van der Waals surface area contributed by atoms with E-state index in [1.807, 2.05) is 39.0 Å². The predicted molar refractivity (Wildman–Crippen MR) is 92.6 cm³/mol. The highest BCUT2D eigenvalue weighted by atomic mass is 35.5. The summed E-state index contributed by atoms with van der Waals surface area (Å²) in [6.45, 7) is 5.53. The molecule has 0 fully saturated rings. The van der Waals surface area contributed by atoms with Crippen LogP contribution in [0.4, 0.5) is 5.69 Å². The molecule has 5 heteroatoms. The number of hydrogen-bond donors (Lipinski definition) is 1. The van der Waals surface area contributed by atoms with Crippen molar-refractivity contribution < 1.29 is 14.3 Å². The molecule has 0 aromatic heterocycles. The summed E-state index contributed by atoms with van der Waals surface area (Å²) in [5.41, 5.74) is 0.00971. The molecule has 0 unspecified atom stereocenters. The van der Waals surface area contributed by atoms with Crippen molar-refractivity contribution in [2.24, 2.45) is 5.41 Å². The fraction of sp³-hybridized carbons (Fsp3) is 0.278. The molecule has 0 atom stereocenters. The van der Waals surface area contributed by atoms with Gasteiger partial charge in [-0.1, -0.05) is 38.4 Å². The maximum Gasteiger partial charge on any atom is 0.229 e. The van der Waals surface area contributed by atoms with E-state index in [0.29, 0.717) is 28.0 Å². The Labute approximate surface area is 141 Å². The average molecular weight is 334 g/mol. The van der Waals surface area contributed by atoms with Gasteiger partial charge in [0.05, 0.1) is 12.8 Å². The van der Waals surface area contributed by atoms with Gasteiger partial charge in [0.25, 0.3) is 0 Å². The van der Waals surface area contributed by atoms with E-state index in [1.165, 1.54) is 0 Å². The molecule has 1 N–H and O–H groups in total. The van der Waals surface area contributed by atoms with Gasteiger partial charge in [-0.15, -0.1) is 0 Å². The number of amides is 1. The maximum absolute atomic E-state index is 12.2. The van der Waals surface area contributed by atoms with Gasteiger partial charge in [-0.3, -0.25) is 4.79 Å². The minimum Gasteiger partial charge on any atom is -0.497 e. The number of rotatable bonds is 4. The minimum atomic E-state index is -0.518. The lowest BCUT2D eigenvalue weighted by Crippen LogP contribution is -2.27. The standard InChI is InChI=1S/C18H20ClNO3/c1-18(2,3)17(21)20-15-10-12(19)8-9-16(15)23-14-7-5-6-13(11-14)22-4/h5-11H,1-4H3,(H,20,21). The first kappa shape index (κ1) is 17.2. The number of halogens is 1. The quantitative estimate of drug-likeness (QED) is 0.844. The Morgan fingerprint density at radius 3 is 2.43 bits per heavy atom. The lowest BCUT2D eigenvalue weighted by atomic mass is 9.95. The van der Waals surface area contributed by atoms with Gasteiger partial charge < -0.3 is 14.8 Å². The first-order valence-electron chi connectivity index (χ1n) is 7.22. The molecule has 122 valence electrons. The summed E-state index contributed by atoms with van der Waals surface area (Å²) in [6.07, 6.45) is 0. The Balaban J connectivity index is 2.29. The number of nitrogens with one attached hydrogen (secondary N) is 1. The molecule has 0 radical (unpaired) electrons. The maximum atomic E-state index is 12.2. The Hall–Kier alpha value is -2.20. The summed E-state index contributed by atoms with van der Waals surface area (Å²) in [5, 5.41) is 3.38. The Kier molecular flexibility index (Phi) is 5.16. The molecule has 4 nitrogen and oxygen atoms in total. The normalized spacial score (nSPS) is 11.0. The molecule has 0 aliphatic rings. The molecule has 2 aromatic carbocycles. The molecule has 0 spiro atoms. The summed E-state index contributed by atoms with van der Waals surface area (Å²) in [5.74, 6) is 1.70. The van der Waals surface area contributed by atoms with Gasteiger partial charge in [0.2, 0.25) is 5.91 Å². The van der Waals surface area contributed by atoms with Crippen LogP contribution in [-0.2, 0) is 4.79 Å². The van der Waals surface area contributed by atoms with Crippen LogP contribution in [0.2, 0.25) is 5.02 Å². The molecular formula is C18H20ClNO3. The second kappa shape index (κ2) is 6.92. The molecule has 0 aliphatic carbocycles. The first-order valence-corrected chi connectivity index (χ1v) is 7.60. The van der Waals surface area contributed by atoms with E-state index in [4.69, 9.17) is 21.1 Å². The second-order valence-corrected chi connectivity index (χ2v) is 6.56. The number of carbonyl (C=O) groups excluding carboxylic acids is 1. The van der Waals surface area contributed by atoms with Crippen molar-refractivity contribution in [1.82, 2.24) is 0 Å². The molecule has 1 amide bonds. The monoisotopic (exact) mass is 333 g/mol. The summed E-state index contributed by atoms with van der Waals surface area (Å²) in [4.78, 5) is 12.2. The lowest BCUT2D eigenvalue weighted by Gasteiger charge is -2.19. The number of methoxy groups -OCH3 is 1. The largest absolute Gasteiger partial charge is 0.497 e. The van der Waals surface area contributed by atoms with Crippen LogP contribution >= 0.6 is 11.6 Å². The Morgan fingerprint density at radius 1 is 1.09 bits per heavy atom. The van der Waals surface area contributed by atoms with Gasteiger partial charge in [-0.05, 0) is 30.3 Å². The summed E-state index contributed by atoms with van der Waals surface area (Å²) >= 11 is 6.04. The van der Waals surface area contributed by atoms with Crippen molar-refractivity contribution in [1.29, 1.82) is 0 Å². The number of carbonyl (C=O) groups is 1. The van der Waals surface area contributed by atoms with Crippen LogP contribution in [0.5, 0.6) is 17.2 Å². The van der Waals surface area contributed by atoms with Crippen molar-refractivity contribution in [2.75, 3.05) is 12.4 Å². The van der Waals surface area contributed by atoms with E-state index >= 15 is 0 Å². The van der Waals surface area contributed by atoms with Gasteiger partial charge in [-0.2, -0.15) is 0 Å². The van der Waals surface area contributed by atoms with Crippen LogP contribution in [0, 0.1) is 5.41 Å². The van der Waals surface area contributed by atoms with Crippen molar-refractivity contribution in [2.45, 2.75) is 20.8 Å². The summed E-state index contributed by atoms with van der Waals surface area (Å²) < 4.78 is 11.0. The Morgan fingerprint density at radius 2 is 1.78 bits per heavy atom. The fourth-order valence-corrected chi connectivity index (χ4v) is 1.96. The van der Waals surface area contributed by atoms with E-state index in [-0.39, 0.29) is 5.91 Å². The molecule has 23 heavy (non-hydrogen) atoms. The zero-order valence-electron chi connectivity index (χ0n) is 13.6. The van der Waals surface area contributed by atoms with Crippen LogP contribution < -0.4 is 14.8 Å². The van der Waals surface area contributed by atoms with Gasteiger partial charge >= 0.3 is 0 Å². The smallest absolute Gasteiger partial charge is 0.229 e. The summed E-state index contributed by atoms with van der Waals surface area (Å²) in [7, 11) is 1.59. The molecule has 0 aliphatic heterocycles. The Bertz CT molecular complexity index is 708. The minimum absolute atomic E-state index is 0.116. The summed E-state index contributed by atoms with van der Waals surface area (Å²) in [6, 6.07) is 12.3. The highest BCUT2D eigenvalue weighted by Gasteiger charge is 2.22. The predicted octanol–water partition coefficient (Wildman–Crippen LogP) is 5.13. The third-order valence-corrected chi connectivity index (χ3v) is 3.38. The molecule has 0 heterocycles. The molecule has 2 aromatic rings. The molecule has 0 saturated heterocycles. The lowest BCUT2D eigenvalue weighted by molar-refractivity contribution is -0.123. The third kappa shape index (κ3) is 4.63. The molecule has 2 rings (SSSR count). The van der Waals surface area contributed by atoms with Crippen LogP contribution in [0.1, 0.15) is 20.8 Å². The van der Waals surface area contributed by atoms with Crippen LogP contribution in [0.15, 0.2) is 42.5 Å². The number of benzene rings is 2. The highest BCUT2D eigenvalue weighted by Crippen LogP contribution is 2.34. The number of hydrogen-bond acceptors (Lipinski definition) is 3. The van der Waals surface area contributed by atoms with Crippen LogP contribution in [-0.4, -0.2) is 13.0 Å². The van der Waals surface area contributed by atoms with Crippen LogP contribution in [0.3, 0.4) is 0 Å². The molecular weight excluding hydrogens is 314 g/mol. The number of ether oxygens (including phenoxy) is 2. The van der Waals surface area contributed by atoms with E-state index in [1.54, 1.807) is 31.4 Å². The van der Waals surface area contributed by atoms with Crippen molar-refractivity contribution >= 4 is 23.2 Å². The van der Waals surface area contributed by atoms with Crippen molar-refractivity contribution in [3.05, 3.63) is 47.5 Å². The van der Waals surface area contributed by atoms with E-state index < -0.39 is 5.41 Å². The average Bonchev–Trinajstić information content (AvgIpc) is 2.49. The van der Waals surface area contributed by atoms with E-state index in [0.717, 1.165) is 0 Å². The highest BCUT2D eigenvalue weighted by molar-refractivity contribution is 6.31. The van der Waals surface area contributed by atoms with Gasteiger partial charge in [-0.25, -0.2) is 0 Å². The zero-order chi connectivity index (χ0) is 17.0.